The minimum absolute atomic E-state index is 0.0949. The molecule has 0 saturated heterocycles. The van der Waals surface area contributed by atoms with Crippen LogP contribution >= 0.6 is 0 Å². The van der Waals surface area contributed by atoms with Crippen molar-refractivity contribution in [3.8, 4) is 0 Å². The number of hydrogen-bond donors (Lipinski definition) is 0. The molecule has 0 bridgehead atoms. The predicted molar refractivity (Wildman–Crippen MR) is 42.9 cm³/mol. The summed E-state index contributed by atoms with van der Waals surface area (Å²) in [6, 6.07) is 0. The molecular formula is C8H14F4O2. The van der Waals surface area contributed by atoms with Crippen LogP contribution in [-0.4, -0.2) is 38.8 Å². The largest absolute Gasteiger partial charge is 0.379 e. The fourth-order valence-electron chi connectivity index (χ4n) is 0.635. The molecule has 0 atom stereocenters. The Balaban J connectivity index is 3.35. The maximum absolute atomic E-state index is 12.2. The fourth-order valence-corrected chi connectivity index (χ4v) is 0.635. The van der Waals surface area contributed by atoms with E-state index in [1.165, 1.54) is 0 Å². The minimum Gasteiger partial charge on any atom is -0.379 e. The summed E-state index contributed by atoms with van der Waals surface area (Å²) < 4.78 is 56.8. The summed E-state index contributed by atoms with van der Waals surface area (Å²) in [7, 11) is 0. The molecular weight excluding hydrogens is 204 g/mol. The lowest BCUT2D eigenvalue weighted by Gasteiger charge is -2.14. The van der Waals surface area contributed by atoms with E-state index in [2.05, 4.69) is 4.74 Å². The van der Waals surface area contributed by atoms with Gasteiger partial charge in [-0.25, -0.2) is 8.78 Å². The van der Waals surface area contributed by atoms with Crippen molar-refractivity contribution in [2.75, 3.05) is 26.4 Å². The van der Waals surface area contributed by atoms with Crippen LogP contribution in [0.1, 0.15) is 13.3 Å². The van der Waals surface area contributed by atoms with Crippen molar-refractivity contribution >= 4 is 0 Å². The van der Waals surface area contributed by atoms with E-state index in [-0.39, 0.29) is 13.2 Å². The first-order valence-electron chi connectivity index (χ1n) is 4.32. The van der Waals surface area contributed by atoms with Gasteiger partial charge in [-0.1, -0.05) is 6.92 Å². The van der Waals surface area contributed by atoms with Crippen LogP contribution in [0, 0.1) is 0 Å². The number of alkyl halides is 4. The molecule has 0 saturated carbocycles. The highest BCUT2D eigenvalue weighted by Gasteiger charge is 2.40. The second-order valence-electron chi connectivity index (χ2n) is 2.73. The fraction of sp³-hybridized carbons (Fsp3) is 1.00. The quantitative estimate of drug-likeness (QED) is 0.460. The zero-order valence-corrected chi connectivity index (χ0v) is 7.94. The highest BCUT2D eigenvalue weighted by Crippen LogP contribution is 2.22. The van der Waals surface area contributed by atoms with E-state index in [0.717, 1.165) is 6.42 Å². The van der Waals surface area contributed by atoms with E-state index >= 15 is 0 Å². The van der Waals surface area contributed by atoms with Crippen molar-refractivity contribution in [3.05, 3.63) is 0 Å². The summed E-state index contributed by atoms with van der Waals surface area (Å²) in [5, 5.41) is 0. The molecule has 0 unspecified atom stereocenters. The molecule has 0 aromatic carbocycles. The third-order valence-electron chi connectivity index (χ3n) is 1.33. The van der Waals surface area contributed by atoms with Gasteiger partial charge in [-0.2, -0.15) is 8.78 Å². The van der Waals surface area contributed by atoms with Crippen LogP contribution in [0.4, 0.5) is 17.6 Å². The van der Waals surface area contributed by atoms with E-state index in [0.29, 0.717) is 6.61 Å². The normalized spacial score (nSPS) is 12.4. The predicted octanol–water partition coefficient (Wildman–Crippen LogP) is 2.33. The Bertz CT molecular complexity index is 141. The molecule has 0 aromatic heterocycles. The lowest BCUT2D eigenvalue weighted by Crippen LogP contribution is -2.32. The van der Waals surface area contributed by atoms with Gasteiger partial charge in [0.1, 0.15) is 6.61 Å². The molecule has 0 aromatic rings. The number of halogens is 4. The Morgan fingerprint density at radius 3 is 2.14 bits per heavy atom. The second-order valence-corrected chi connectivity index (χ2v) is 2.73. The second kappa shape index (κ2) is 7.00. The Hall–Kier alpha value is -0.360. The standard InChI is InChI=1S/C8H14F4O2/c1-2-3-13-4-5-14-6-8(11,12)7(9)10/h7H,2-6H2,1H3. The summed E-state index contributed by atoms with van der Waals surface area (Å²) in [6.45, 7) is 1.19. The molecule has 0 N–H and O–H groups in total. The van der Waals surface area contributed by atoms with Crippen LogP contribution in [0.3, 0.4) is 0 Å². The van der Waals surface area contributed by atoms with Crippen LogP contribution in [-0.2, 0) is 9.47 Å². The summed E-state index contributed by atoms with van der Waals surface area (Å²) in [5.41, 5.74) is 0. The number of ether oxygens (including phenoxy) is 2. The van der Waals surface area contributed by atoms with Crippen molar-refractivity contribution in [1.29, 1.82) is 0 Å². The average molecular weight is 218 g/mol. The topological polar surface area (TPSA) is 18.5 Å². The molecule has 2 nitrogen and oxygen atoms in total. The van der Waals surface area contributed by atoms with Crippen molar-refractivity contribution < 1.29 is 27.0 Å². The third kappa shape index (κ3) is 6.15. The zero-order chi connectivity index (χ0) is 11.0. The van der Waals surface area contributed by atoms with Gasteiger partial charge in [0.05, 0.1) is 13.2 Å². The molecule has 0 rings (SSSR count). The van der Waals surface area contributed by atoms with Crippen molar-refractivity contribution in [3.63, 3.8) is 0 Å². The van der Waals surface area contributed by atoms with Gasteiger partial charge < -0.3 is 9.47 Å². The molecule has 0 fully saturated rings. The average Bonchev–Trinajstić information content (AvgIpc) is 2.10. The molecule has 0 spiro atoms. The highest BCUT2D eigenvalue weighted by molar-refractivity contribution is 4.67. The summed E-state index contributed by atoms with van der Waals surface area (Å²) in [6.07, 6.45) is -2.87. The summed E-state index contributed by atoms with van der Waals surface area (Å²) in [4.78, 5) is 0. The van der Waals surface area contributed by atoms with Gasteiger partial charge in [-0.3, -0.25) is 0 Å². The number of rotatable bonds is 8. The van der Waals surface area contributed by atoms with Crippen molar-refractivity contribution in [1.82, 2.24) is 0 Å². The van der Waals surface area contributed by atoms with Gasteiger partial charge in [0, 0.05) is 6.61 Å². The molecule has 0 radical (unpaired) electrons. The van der Waals surface area contributed by atoms with Crippen LogP contribution in [0.5, 0.6) is 0 Å². The van der Waals surface area contributed by atoms with Crippen LogP contribution in [0.2, 0.25) is 0 Å². The first-order valence-corrected chi connectivity index (χ1v) is 4.32. The SMILES string of the molecule is CCCOCCOCC(F)(F)C(F)F. The smallest absolute Gasteiger partial charge is 0.330 e. The van der Waals surface area contributed by atoms with Crippen LogP contribution < -0.4 is 0 Å². The summed E-state index contributed by atoms with van der Waals surface area (Å²) >= 11 is 0. The molecule has 0 heterocycles. The first-order chi connectivity index (χ1) is 6.50. The Morgan fingerprint density at radius 2 is 1.64 bits per heavy atom. The molecule has 0 amide bonds. The van der Waals surface area contributed by atoms with Gasteiger partial charge in [-0.15, -0.1) is 0 Å². The molecule has 0 aliphatic heterocycles. The molecule has 6 heteroatoms. The van der Waals surface area contributed by atoms with Gasteiger partial charge in [0.15, 0.2) is 0 Å². The highest BCUT2D eigenvalue weighted by atomic mass is 19.3. The lowest BCUT2D eigenvalue weighted by atomic mass is 10.4. The maximum atomic E-state index is 12.2. The van der Waals surface area contributed by atoms with Gasteiger partial charge in [0.25, 0.3) is 0 Å². The van der Waals surface area contributed by atoms with Crippen LogP contribution in [0.25, 0.3) is 0 Å². The van der Waals surface area contributed by atoms with E-state index in [4.69, 9.17) is 4.74 Å². The van der Waals surface area contributed by atoms with E-state index in [1.54, 1.807) is 0 Å². The Kier molecular flexibility index (Phi) is 6.82. The van der Waals surface area contributed by atoms with Gasteiger partial charge >= 0.3 is 12.3 Å². The van der Waals surface area contributed by atoms with E-state index in [9.17, 15) is 17.6 Å². The lowest BCUT2D eigenvalue weighted by molar-refractivity contribution is -0.168. The maximum Gasteiger partial charge on any atom is 0.330 e. The zero-order valence-electron chi connectivity index (χ0n) is 7.94. The van der Waals surface area contributed by atoms with Crippen molar-refractivity contribution in [2.45, 2.75) is 25.7 Å². The van der Waals surface area contributed by atoms with E-state index < -0.39 is 19.0 Å². The minimum atomic E-state index is -4.06. The third-order valence-corrected chi connectivity index (χ3v) is 1.33. The molecule has 0 aliphatic carbocycles. The summed E-state index contributed by atoms with van der Waals surface area (Å²) in [5.74, 6) is -4.06. The van der Waals surface area contributed by atoms with Gasteiger partial charge in [0.2, 0.25) is 0 Å². The first kappa shape index (κ1) is 13.6. The molecule has 0 aliphatic rings. The van der Waals surface area contributed by atoms with Crippen LogP contribution in [0.15, 0.2) is 0 Å². The molecule has 14 heavy (non-hydrogen) atoms. The molecule has 86 valence electrons. The van der Waals surface area contributed by atoms with E-state index in [1.807, 2.05) is 6.92 Å². The monoisotopic (exact) mass is 218 g/mol. The van der Waals surface area contributed by atoms with Gasteiger partial charge in [-0.05, 0) is 6.42 Å². The Morgan fingerprint density at radius 1 is 1.07 bits per heavy atom. The number of hydrogen-bond acceptors (Lipinski definition) is 2. The Labute approximate surface area is 80.2 Å². The van der Waals surface area contributed by atoms with Crippen molar-refractivity contribution in [2.24, 2.45) is 0 Å².